The van der Waals surface area contributed by atoms with Crippen LogP contribution in [-0.4, -0.2) is 34.0 Å². The summed E-state index contributed by atoms with van der Waals surface area (Å²) in [7, 11) is 0. The molecule has 5 saturated carbocycles. The summed E-state index contributed by atoms with van der Waals surface area (Å²) in [5, 5.41) is 31.8. The number of aliphatic carboxylic acids is 1. The van der Waals surface area contributed by atoms with Gasteiger partial charge in [0.1, 0.15) is 0 Å². The topological polar surface area (TPSA) is 77.8 Å². The summed E-state index contributed by atoms with van der Waals surface area (Å²) in [4.78, 5) is 12.8. The van der Waals surface area contributed by atoms with E-state index in [0.29, 0.717) is 23.7 Å². The van der Waals surface area contributed by atoms with Gasteiger partial charge in [0.05, 0.1) is 18.1 Å². The maximum atomic E-state index is 12.8. The summed E-state index contributed by atoms with van der Waals surface area (Å²) in [6.45, 7) is 16.2. The first-order valence-corrected chi connectivity index (χ1v) is 14.0. The van der Waals surface area contributed by atoms with Crippen LogP contribution in [0.3, 0.4) is 0 Å². The molecule has 0 aromatic rings. The van der Waals surface area contributed by atoms with E-state index in [-0.39, 0.29) is 28.8 Å². The zero-order chi connectivity index (χ0) is 24.9. The Balaban J connectivity index is 1.56. The van der Waals surface area contributed by atoms with Crippen molar-refractivity contribution in [3.8, 4) is 0 Å². The Hall–Kier alpha value is -0.870. The van der Waals surface area contributed by atoms with Gasteiger partial charge >= 0.3 is 5.97 Å². The number of hydrogen-bond donors (Lipinski definition) is 3. The first kappa shape index (κ1) is 24.8. The van der Waals surface area contributed by atoms with Crippen molar-refractivity contribution in [2.75, 3.05) is 6.61 Å². The molecule has 4 nitrogen and oxygen atoms in total. The Kier molecular flexibility index (Phi) is 5.52. The lowest BCUT2D eigenvalue weighted by Crippen LogP contribution is -2.67. The highest BCUT2D eigenvalue weighted by atomic mass is 16.4. The van der Waals surface area contributed by atoms with Gasteiger partial charge in [-0.2, -0.15) is 0 Å². The smallest absolute Gasteiger partial charge is 0.309 e. The summed E-state index contributed by atoms with van der Waals surface area (Å²) in [6, 6.07) is 0. The van der Waals surface area contributed by atoms with E-state index >= 15 is 0 Å². The fourth-order valence-corrected chi connectivity index (χ4v) is 11.5. The molecule has 0 radical (unpaired) electrons. The third kappa shape index (κ3) is 2.76. The van der Waals surface area contributed by atoms with Gasteiger partial charge in [-0.3, -0.25) is 4.79 Å². The second-order valence-corrected chi connectivity index (χ2v) is 14.4. The van der Waals surface area contributed by atoms with E-state index in [1.165, 1.54) is 5.57 Å². The Labute approximate surface area is 206 Å². The van der Waals surface area contributed by atoms with Crippen LogP contribution in [0.4, 0.5) is 0 Å². The first-order valence-electron chi connectivity index (χ1n) is 14.0. The van der Waals surface area contributed by atoms with Crippen LogP contribution in [0.25, 0.3) is 0 Å². The summed E-state index contributed by atoms with van der Waals surface area (Å²) < 4.78 is 0. The molecule has 11 atom stereocenters. The molecule has 4 heteroatoms. The largest absolute Gasteiger partial charge is 0.481 e. The molecule has 11 unspecified atom stereocenters. The lowest BCUT2D eigenvalue weighted by Gasteiger charge is -2.72. The number of carboxylic acid groups (broad SMARTS) is 1. The van der Waals surface area contributed by atoms with Gasteiger partial charge in [-0.15, -0.1) is 0 Å². The number of carbonyl (C=O) groups is 1. The molecule has 5 aliphatic rings. The average Bonchev–Trinajstić information content (AvgIpc) is 3.18. The van der Waals surface area contributed by atoms with E-state index in [0.717, 1.165) is 64.2 Å². The van der Waals surface area contributed by atoms with E-state index in [1.54, 1.807) is 0 Å². The molecule has 0 amide bonds. The van der Waals surface area contributed by atoms with E-state index in [4.69, 9.17) is 0 Å². The number of allylic oxidation sites excluding steroid dienone is 1. The van der Waals surface area contributed by atoms with Gasteiger partial charge in [0.25, 0.3) is 0 Å². The molecule has 0 spiro atoms. The van der Waals surface area contributed by atoms with Gasteiger partial charge in [0.2, 0.25) is 0 Å². The number of aliphatic hydroxyl groups is 2. The van der Waals surface area contributed by atoms with Crippen LogP contribution >= 0.6 is 0 Å². The molecule has 0 aliphatic heterocycles. The van der Waals surface area contributed by atoms with Crippen molar-refractivity contribution in [3.63, 3.8) is 0 Å². The molecule has 0 heterocycles. The molecule has 0 bridgehead atoms. The molecule has 5 fully saturated rings. The Morgan fingerprint density at radius 1 is 0.882 bits per heavy atom. The van der Waals surface area contributed by atoms with Gasteiger partial charge in [-0.1, -0.05) is 39.8 Å². The average molecular weight is 473 g/mol. The second kappa shape index (κ2) is 7.57. The van der Waals surface area contributed by atoms with Crippen LogP contribution in [-0.2, 0) is 4.79 Å². The number of carboxylic acids is 1. The highest BCUT2D eigenvalue weighted by molar-refractivity contribution is 5.76. The third-order valence-electron chi connectivity index (χ3n) is 13.6. The van der Waals surface area contributed by atoms with Crippen molar-refractivity contribution in [1.29, 1.82) is 0 Å². The van der Waals surface area contributed by atoms with Crippen LogP contribution in [0.1, 0.15) is 98.8 Å². The molecule has 5 rings (SSSR count). The lowest BCUT2D eigenvalue weighted by atomic mass is 9.32. The molecule has 3 N–H and O–H groups in total. The quantitative estimate of drug-likeness (QED) is 0.436. The van der Waals surface area contributed by atoms with Crippen molar-refractivity contribution in [2.45, 2.75) is 105 Å². The summed E-state index contributed by atoms with van der Waals surface area (Å²) in [5.74, 6) is 1.30. The van der Waals surface area contributed by atoms with E-state index in [1.807, 2.05) is 0 Å². The molecular weight excluding hydrogens is 424 g/mol. The summed E-state index contributed by atoms with van der Waals surface area (Å²) >= 11 is 0. The Morgan fingerprint density at radius 3 is 2.21 bits per heavy atom. The van der Waals surface area contributed by atoms with Crippen molar-refractivity contribution >= 4 is 5.97 Å². The minimum atomic E-state index is -0.567. The van der Waals surface area contributed by atoms with Crippen molar-refractivity contribution in [2.24, 2.45) is 56.7 Å². The number of aliphatic hydroxyl groups excluding tert-OH is 2. The monoisotopic (exact) mass is 472 g/mol. The van der Waals surface area contributed by atoms with Crippen molar-refractivity contribution < 1.29 is 20.1 Å². The Bertz CT molecular complexity index is 883. The highest BCUT2D eigenvalue weighted by Crippen LogP contribution is 2.77. The highest BCUT2D eigenvalue weighted by Gasteiger charge is 2.72. The minimum absolute atomic E-state index is 0.0568. The molecule has 192 valence electrons. The third-order valence-corrected chi connectivity index (χ3v) is 13.6. The van der Waals surface area contributed by atoms with E-state index < -0.39 is 22.9 Å². The zero-order valence-corrected chi connectivity index (χ0v) is 22.2. The molecule has 0 aromatic heterocycles. The molecule has 0 aromatic carbocycles. The maximum Gasteiger partial charge on any atom is 0.309 e. The van der Waals surface area contributed by atoms with Crippen molar-refractivity contribution in [1.82, 2.24) is 0 Å². The molecule has 34 heavy (non-hydrogen) atoms. The van der Waals surface area contributed by atoms with Crippen LogP contribution in [0.15, 0.2) is 12.2 Å². The van der Waals surface area contributed by atoms with Gasteiger partial charge in [-0.25, -0.2) is 0 Å². The van der Waals surface area contributed by atoms with Gasteiger partial charge in [0, 0.05) is 5.41 Å². The standard InChI is InChI=1S/C30H48O4/c1-18(2)19-9-14-30(25(33)34)16-15-28(5)20(24(19)30)7-8-22-26(3)12-11-23(32)27(4,17-31)21(26)10-13-29(22,28)6/h19-24,31-32H,1,7-17H2,2-6H3,(H,33,34). The number of fused-ring (bicyclic) bond motifs is 7. The summed E-state index contributed by atoms with van der Waals surface area (Å²) in [6.07, 6.45) is 9.43. The summed E-state index contributed by atoms with van der Waals surface area (Å²) in [5.41, 5.74) is 0.586. The molecule has 0 saturated heterocycles. The van der Waals surface area contributed by atoms with Gasteiger partial charge in [0.15, 0.2) is 0 Å². The van der Waals surface area contributed by atoms with Crippen LogP contribution in [0, 0.1) is 56.7 Å². The van der Waals surface area contributed by atoms with Crippen LogP contribution in [0.5, 0.6) is 0 Å². The van der Waals surface area contributed by atoms with Crippen molar-refractivity contribution in [3.05, 3.63) is 12.2 Å². The maximum absolute atomic E-state index is 12.8. The fourth-order valence-electron chi connectivity index (χ4n) is 11.5. The van der Waals surface area contributed by atoms with Crippen LogP contribution in [0.2, 0.25) is 0 Å². The van der Waals surface area contributed by atoms with Gasteiger partial charge < -0.3 is 15.3 Å². The van der Waals surface area contributed by atoms with E-state index in [9.17, 15) is 20.1 Å². The minimum Gasteiger partial charge on any atom is -0.481 e. The Morgan fingerprint density at radius 2 is 1.59 bits per heavy atom. The predicted molar refractivity (Wildman–Crippen MR) is 134 cm³/mol. The van der Waals surface area contributed by atoms with E-state index in [2.05, 4.69) is 41.2 Å². The number of hydrogen-bond acceptors (Lipinski definition) is 3. The normalized spacial score (nSPS) is 56.6. The first-order chi connectivity index (χ1) is 15.8. The van der Waals surface area contributed by atoms with Crippen LogP contribution < -0.4 is 0 Å². The number of rotatable bonds is 3. The zero-order valence-electron chi connectivity index (χ0n) is 22.2. The lowest BCUT2D eigenvalue weighted by molar-refractivity contribution is -0.254. The van der Waals surface area contributed by atoms with Gasteiger partial charge in [-0.05, 0) is 117 Å². The second-order valence-electron chi connectivity index (χ2n) is 14.4. The fraction of sp³-hybridized carbons (Fsp3) is 0.900. The molecule has 5 aliphatic carbocycles. The predicted octanol–water partition coefficient (Wildman–Crippen LogP) is 6.06. The molecular formula is C30H48O4. The SMILES string of the molecule is C=C(C)C1CCC2(C(=O)O)CCC3(C)C(CCC4C5(C)CCC(O)C(C)(CO)C5CCC43C)C12.